The zero-order valence-electron chi connectivity index (χ0n) is 33.9. The number of piperidine rings is 2. The van der Waals surface area contributed by atoms with Crippen LogP contribution in [0.3, 0.4) is 0 Å². The van der Waals surface area contributed by atoms with E-state index in [1.165, 1.54) is 59.0 Å². The maximum Gasteiger partial charge on any atom is 0.332 e. The minimum atomic E-state index is -1.37. The molecule has 0 bridgehead atoms. The zero-order valence-corrected chi connectivity index (χ0v) is 33.9. The van der Waals surface area contributed by atoms with E-state index in [9.17, 15) is 19.8 Å². The SMILES string of the molecule is Cn1nc(CC(C(=O)O)=C(Cc2nc(NCCCOc3cccc(CN4CCCCC4)c3)n(C)n2)C(=O)O)nc1NCCCOc1cccc(CN2CCCCC2)c1. The lowest BCUT2D eigenvalue weighted by Crippen LogP contribution is -2.29. The summed E-state index contributed by atoms with van der Waals surface area (Å²) in [6.45, 7) is 8.53. The molecule has 4 aromatic rings. The van der Waals surface area contributed by atoms with Crippen LogP contribution in [0.15, 0.2) is 59.7 Å². The molecule has 2 aliphatic rings. The third-order valence-corrected chi connectivity index (χ3v) is 10.4. The summed E-state index contributed by atoms with van der Waals surface area (Å²) in [5, 5.41) is 35.4. The molecule has 0 radical (unpaired) electrons. The molecule has 2 aromatic carbocycles. The van der Waals surface area contributed by atoms with E-state index in [0.717, 1.165) is 50.8 Å². The number of aromatic nitrogens is 6. The summed E-state index contributed by atoms with van der Waals surface area (Å²) in [6.07, 6.45) is 8.46. The second-order valence-electron chi connectivity index (χ2n) is 15.1. The van der Waals surface area contributed by atoms with Crippen LogP contribution < -0.4 is 20.1 Å². The van der Waals surface area contributed by atoms with E-state index in [-0.39, 0.29) is 35.6 Å². The van der Waals surface area contributed by atoms with Gasteiger partial charge in [0.15, 0.2) is 11.6 Å². The lowest BCUT2D eigenvalue weighted by atomic mass is 10.0. The van der Waals surface area contributed by atoms with Crippen LogP contribution in [-0.4, -0.2) is 114 Å². The van der Waals surface area contributed by atoms with Gasteiger partial charge in [-0.05, 0) is 100 Å². The zero-order chi connectivity index (χ0) is 40.7. The molecular formula is C42H58N10O6. The van der Waals surface area contributed by atoms with Crippen molar-refractivity contribution in [3.63, 3.8) is 0 Å². The van der Waals surface area contributed by atoms with Crippen molar-refractivity contribution in [1.82, 2.24) is 39.3 Å². The Morgan fingerprint density at radius 2 is 1.05 bits per heavy atom. The summed E-state index contributed by atoms with van der Waals surface area (Å²) in [5.74, 6) is 0.165. The summed E-state index contributed by atoms with van der Waals surface area (Å²) in [5.41, 5.74) is 1.83. The predicted octanol–water partition coefficient (Wildman–Crippen LogP) is 4.93. The van der Waals surface area contributed by atoms with Gasteiger partial charge in [-0.3, -0.25) is 9.80 Å². The van der Waals surface area contributed by atoms with E-state index in [0.29, 0.717) is 51.0 Å². The Balaban J connectivity index is 0.959. The highest BCUT2D eigenvalue weighted by molar-refractivity contribution is 5.99. The normalized spacial score (nSPS) is 15.5. The molecule has 58 heavy (non-hydrogen) atoms. The van der Waals surface area contributed by atoms with Gasteiger partial charge in [-0.15, -0.1) is 0 Å². The molecule has 4 heterocycles. The fourth-order valence-electron chi connectivity index (χ4n) is 7.42. The Morgan fingerprint density at radius 3 is 1.45 bits per heavy atom. The van der Waals surface area contributed by atoms with Gasteiger partial charge in [0, 0.05) is 53.1 Å². The minimum absolute atomic E-state index is 0.176. The summed E-state index contributed by atoms with van der Waals surface area (Å²) in [4.78, 5) is 38.7. The number of nitrogens with zero attached hydrogens (tertiary/aromatic N) is 8. The van der Waals surface area contributed by atoms with E-state index in [1.807, 2.05) is 24.3 Å². The van der Waals surface area contributed by atoms with Gasteiger partial charge in [0.1, 0.15) is 11.5 Å². The van der Waals surface area contributed by atoms with Gasteiger partial charge in [-0.2, -0.15) is 20.2 Å². The van der Waals surface area contributed by atoms with Gasteiger partial charge in [0.2, 0.25) is 11.9 Å². The molecule has 0 saturated carbocycles. The van der Waals surface area contributed by atoms with Gasteiger partial charge in [0.05, 0.1) is 24.4 Å². The van der Waals surface area contributed by atoms with E-state index < -0.39 is 11.9 Å². The number of aryl methyl sites for hydroxylation is 2. The molecule has 0 spiro atoms. The number of carboxylic acids is 2. The number of likely N-dealkylation sites (tertiary alicyclic amines) is 2. The van der Waals surface area contributed by atoms with Crippen molar-refractivity contribution in [2.24, 2.45) is 14.1 Å². The summed E-state index contributed by atoms with van der Waals surface area (Å²) < 4.78 is 15.0. The Kier molecular flexibility index (Phi) is 15.5. The Morgan fingerprint density at radius 1 is 0.638 bits per heavy atom. The standard InChI is InChI=1S/C42H58N10O6/c1-49-41(43-17-11-23-57-33-15-9-13-31(25-33)29-51-19-5-3-6-20-51)45-37(47-49)27-35(39(53)54)36(40(55)56)28-38-46-42(50(2)48-38)44-18-12-24-58-34-16-10-14-32(26-34)30-52-21-7-4-8-22-52/h9-10,13-16,25-26H,3-8,11-12,17-24,27-30H2,1-2H3,(H,53,54)(H,55,56)(H,43,45,47)(H,44,46,48). The van der Waals surface area contributed by atoms with E-state index in [1.54, 1.807) is 14.1 Å². The van der Waals surface area contributed by atoms with Crippen molar-refractivity contribution in [2.75, 3.05) is 63.1 Å². The topological polar surface area (TPSA) is 185 Å². The second-order valence-corrected chi connectivity index (χ2v) is 15.1. The van der Waals surface area contributed by atoms with Crippen LogP contribution in [-0.2, 0) is 49.6 Å². The number of carboxylic acid groups (broad SMARTS) is 2. The average molecular weight is 799 g/mol. The third kappa shape index (κ3) is 12.8. The lowest BCUT2D eigenvalue weighted by molar-refractivity contribution is -0.136. The average Bonchev–Trinajstić information content (AvgIpc) is 3.75. The molecule has 16 nitrogen and oxygen atoms in total. The van der Waals surface area contributed by atoms with Crippen molar-refractivity contribution in [2.45, 2.75) is 77.3 Å². The van der Waals surface area contributed by atoms with Crippen molar-refractivity contribution >= 4 is 23.8 Å². The number of carbonyl (C=O) groups is 2. The maximum absolute atomic E-state index is 12.4. The summed E-state index contributed by atoms with van der Waals surface area (Å²) in [7, 11) is 3.39. The third-order valence-electron chi connectivity index (χ3n) is 10.4. The number of nitrogens with one attached hydrogen (secondary N) is 2. The van der Waals surface area contributed by atoms with Crippen LogP contribution in [0.5, 0.6) is 11.5 Å². The summed E-state index contributed by atoms with van der Waals surface area (Å²) in [6, 6.07) is 16.5. The summed E-state index contributed by atoms with van der Waals surface area (Å²) >= 11 is 0. The van der Waals surface area contributed by atoms with E-state index in [4.69, 9.17) is 9.47 Å². The fourth-order valence-corrected chi connectivity index (χ4v) is 7.42. The molecule has 2 aliphatic heterocycles. The van der Waals surface area contributed by atoms with Crippen molar-refractivity contribution < 1.29 is 29.3 Å². The molecule has 0 amide bonds. The Labute approximate surface area is 340 Å². The second kappa shape index (κ2) is 21.3. The first-order chi connectivity index (χ1) is 28.2. The van der Waals surface area contributed by atoms with Gasteiger partial charge in [-0.25, -0.2) is 19.0 Å². The predicted molar refractivity (Wildman–Crippen MR) is 220 cm³/mol. The number of rotatable bonds is 22. The monoisotopic (exact) mass is 798 g/mol. The van der Waals surface area contributed by atoms with Gasteiger partial charge < -0.3 is 30.3 Å². The number of benzene rings is 2. The van der Waals surface area contributed by atoms with Gasteiger partial charge in [-0.1, -0.05) is 37.1 Å². The largest absolute Gasteiger partial charge is 0.494 e. The highest BCUT2D eigenvalue weighted by Crippen LogP contribution is 2.21. The first kappa shape index (κ1) is 42.1. The highest BCUT2D eigenvalue weighted by Gasteiger charge is 2.25. The molecule has 6 rings (SSSR count). The lowest BCUT2D eigenvalue weighted by Gasteiger charge is -2.26. The molecule has 0 unspecified atom stereocenters. The molecule has 0 atom stereocenters. The van der Waals surface area contributed by atoms with E-state index in [2.05, 4.69) is 64.9 Å². The number of aliphatic carboxylic acids is 2. The number of ether oxygens (including phenoxy) is 2. The molecule has 312 valence electrons. The minimum Gasteiger partial charge on any atom is -0.494 e. The number of hydrogen-bond acceptors (Lipinski definition) is 12. The molecule has 0 aliphatic carbocycles. The molecule has 2 fully saturated rings. The van der Waals surface area contributed by atoms with Gasteiger partial charge >= 0.3 is 11.9 Å². The quantitative estimate of drug-likeness (QED) is 0.0620. The smallest absolute Gasteiger partial charge is 0.332 e. The molecular weight excluding hydrogens is 741 g/mol. The number of hydrogen-bond donors (Lipinski definition) is 4. The maximum atomic E-state index is 12.4. The molecule has 2 saturated heterocycles. The van der Waals surface area contributed by atoms with Gasteiger partial charge in [0.25, 0.3) is 0 Å². The first-order valence-electron chi connectivity index (χ1n) is 20.5. The molecule has 2 aromatic heterocycles. The first-order valence-corrected chi connectivity index (χ1v) is 20.5. The van der Waals surface area contributed by atoms with Crippen LogP contribution in [0.4, 0.5) is 11.9 Å². The Hall–Kier alpha value is -5.48. The van der Waals surface area contributed by atoms with Crippen LogP contribution in [0.25, 0.3) is 0 Å². The van der Waals surface area contributed by atoms with Crippen LogP contribution in [0.1, 0.15) is 74.1 Å². The van der Waals surface area contributed by atoms with Crippen LogP contribution in [0, 0.1) is 0 Å². The van der Waals surface area contributed by atoms with Crippen LogP contribution in [0.2, 0.25) is 0 Å². The fraction of sp³-hybridized carbons (Fsp3) is 0.524. The number of anilines is 2. The molecule has 16 heteroatoms. The van der Waals surface area contributed by atoms with Crippen LogP contribution >= 0.6 is 0 Å². The highest BCUT2D eigenvalue weighted by atomic mass is 16.5. The van der Waals surface area contributed by atoms with E-state index >= 15 is 0 Å². The van der Waals surface area contributed by atoms with Crippen molar-refractivity contribution in [3.05, 3.63) is 82.5 Å². The Bertz CT molecular complexity index is 1840. The van der Waals surface area contributed by atoms with Crippen molar-refractivity contribution in [3.8, 4) is 11.5 Å². The van der Waals surface area contributed by atoms with Crippen molar-refractivity contribution in [1.29, 1.82) is 0 Å². The molecule has 4 N–H and O–H groups in total.